The highest BCUT2D eigenvalue weighted by atomic mass is 127. The normalized spacial score (nSPS) is 22.4. The zero-order chi connectivity index (χ0) is 8.48. The van der Waals surface area contributed by atoms with E-state index in [1.165, 1.54) is 0 Å². The highest BCUT2D eigenvalue weighted by Crippen LogP contribution is 2.34. The molecule has 0 aromatic rings. The van der Waals surface area contributed by atoms with E-state index in [-0.39, 0.29) is 3.55 Å². The molecule has 0 unspecified atom stereocenters. The van der Waals surface area contributed by atoms with E-state index < -0.39 is 0 Å². The van der Waals surface area contributed by atoms with E-state index >= 15 is 0 Å². The van der Waals surface area contributed by atoms with E-state index in [2.05, 4.69) is 63.9 Å². The van der Waals surface area contributed by atoms with Crippen molar-refractivity contribution in [1.82, 2.24) is 4.90 Å². The lowest BCUT2D eigenvalue weighted by Gasteiger charge is -2.46. The van der Waals surface area contributed by atoms with Crippen LogP contribution in [0.5, 0.6) is 0 Å². The maximum absolute atomic E-state index is 5.22. The molecule has 0 radical (unpaired) electrons. The van der Waals surface area contributed by atoms with E-state index in [0.29, 0.717) is 6.04 Å². The molecule has 1 rings (SSSR count). The average molecular weight is 381 g/mol. The molecule has 1 aliphatic rings. The molecule has 1 fully saturated rings. The molecule has 0 atom stereocenters. The molecule has 1 heterocycles. The summed E-state index contributed by atoms with van der Waals surface area (Å²) in [6.07, 6.45) is 0. The van der Waals surface area contributed by atoms with Crippen LogP contribution in [0.2, 0.25) is 0 Å². The summed E-state index contributed by atoms with van der Waals surface area (Å²) in [5.41, 5.74) is 0. The summed E-state index contributed by atoms with van der Waals surface area (Å²) in [4.78, 5) is 2.47. The van der Waals surface area contributed by atoms with Crippen molar-refractivity contribution in [3.63, 3.8) is 0 Å². The van der Waals surface area contributed by atoms with Crippen LogP contribution in [0.25, 0.3) is 0 Å². The van der Waals surface area contributed by atoms with Crippen molar-refractivity contribution in [2.75, 3.05) is 17.8 Å². The second-order valence-corrected chi connectivity index (χ2v) is 5.78. The predicted octanol–water partition coefficient (Wildman–Crippen LogP) is 2.25. The monoisotopic (exact) mass is 381 g/mol. The van der Waals surface area contributed by atoms with Gasteiger partial charge >= 0.3 is 0 Å². The third-order valence-corrected chi connectivity index (χ3v) is 3.89. The molecule has 0 aromatic carbocycles. The Morgan fingerprint density at radius 2 is 2.09 bits per heavy atom. The summed E-state index contributed by atoms with van der Waals surface area (Å²) in [7, 11) is 0. The first-order valence-electron chi connectivity index (χ1n) is 3.69. The van der Waals surface area contributed by atoms with Gasteiger partial charge in [-0.1, -0.05) is 45.2 Å². The lowest BCUT2D eigenvalue weighted by atomic mass is 10.2. The minimum absolute atomic E-state index is 0.285. The quantitative estimate of drug-likeness (QED) is 0.423. The molecule has 1 aliphatic heterocycles. The topological polar surface area (TPSA) is 12.5 Å². The fourth-order valence-corrected chi connectivity index (χ4v) is 4.41. The maximum atomic E-state index is 5.22. The first kappa shape index (κ1) is 10.5. The smallest absolute Gasteiger partial charge is 0.121 e. The van der Waals surface area contributed by atoms with Crippen molar-refractivity contribution in [2.24, 2.45) is 0 Å². The van der Waals surface area contributed by atoms with Crippen LogP contribution in [0.4, 0.5) is 0 Å². The van der Waals surface area contributed by atoms with Gasteiger partial charge in [-0.25, -0.2) is 0 Å². The molecule has 11 heavy (non-hydrogen) atoms. The number of alkyl halides is 2. The Morgan fingerprint density at radius 3 is 2.18 bits per heavy atom. The Labute approximate surface area is 95.3 Å². The first-order chi connectivity index (χ1) is 5.10. The average Bonchev–Trinajstić information content (AvgIpc) is 1.85. The van der Waals surface area contributed by atoms with Crippen LogP contribution in [-0.4, -0.2) is 32.3 Å². The van der Waals surface area contributed by atoms with E-state index in [9.17, 15) is 0 Å². The van der Waals surface area contributed by atoms with Crippen LogP contribution in [-0.2, 0) is 4.74 Å². The Morgan fingerprint density at radius 1 is 1.55 bits per heavy atom. The molecular weight excluding hydrogens is 368 g/mol. The van der Waals surface area contributed by atoms with E-state index in [1.807, 2.05) is 0 Å². The van der Waals surface area contributed by atoms with Crippen molar-refractivity contribution in [2.45, 2.75) is 23.4 Å². The van der Waals surface area contributed by atoms with Crippen molar-refractivity contribution in [3.05, 3.63) is 0 Å². The van der Waals surface area contributed by atoms with Crippen molar-refractivity contribution in [3.8, 4) is 0 Å². The number of hydrogen-bond donors (Lipinski definition) is 0. The summed E-state index contributed by atoms with van der Waals surface area (Å²) in [6.45, 7) is 6.23. The molecule has 0 saturated carbocycles. The summed E-state index contributed by atoms with van der Waals surface area (Å²) >= 11 is 4.91. The third kappa shape index (κ3) is 2.19. The summed E-state index contributed by atoms with van der Waals surface area (Å²) in [5, 5.41) is 0. The highest BCUT2D eigenvalue weighted by Gasteiger charge is 2.42. The number of ether oxygens (including phenoxy) is 1. The fraction of sp³-hybridized carbons (Fsp3) is 1.00. The second kappa shape index (κ2) is 4.06. The molecule has 0 aromatic heterocycles. The van der Waals surface area contributed by atoms with Crippen LogP contribution in [0.3, 0.4) is 0 Å². The van der Waals surface area contributed by atoms with Gasteiger partial charge in [-0.3, -0.25) is 4.90 Å². The molecule has 66 valence electrons. The van der Waals surface area contributed by atoms with Crippen LogP contribution >= 0.6 is 45.2 Å². The van der Waals surface area contributed by atoms with Gasteiger partial charge in [0.05, 0.1) is 17.8 Å². The van der Waals surface area contributed by atoms with Crippen LogP contribution in [0.1, 0.15) is 13.8 Å². The molecule has 0 aliphatic carbocycles. The Balaban J connectivity index is 2.53. The van der Waals surface area contributed by atoms with Gasteiger partial charge in [0.15, 0.2) is 0 Å². The molecule has 4 heteroatoms. The number of nitrogens with zero attached hydrogens (tertiary/aromatic N) is 1. The van der Waals surface area contributed by atoms with Gasteiger partial charge in [0.2, 0.25) is 0 Å². The largest absolute Gasteiger partial charge is 0.376 e. The molecule has 0 bridgehead atoms. The van der Waals surface area contributed by atoms with Crippen LogP contribution < -0.4 is 0 Å². The zero-order valence-corrected chi connectivity index (χ0v) is 11.1. The van der Waals surface area contributed by atoms with Crippen molar-refractivity contribution >= 4 is 45.2 Å². The third-order valence-electron chi connectivity index (χ3n) is 1.91. The molecule has 2 nitrogen and oxygen atoms in total. The lowest BCUT2D eigenvalue weighted by molar-refractivity contribution is -0.0773. The molecular formula is C7H13I2NO. The van der Waals surface area contributed by atoms with E-state index in [1.54, 1.807) is 0 Å². The highest BCUT2D eigenvalue weighted by molar-refractivity contribution is 14.1. The second-order valence-electron chi connectivity index (χ2n) is 3.09. The summed E-state index contributed by atoms with van der Waals surface area (Å²) in [6, 6.07) is 0.618. The minimum Gasteiger partial charge on any atom is -0.376 e. The number of halogens is 2. The SMILES string of the molecule is CC(C)N(CI)C1(I)COC1. The summed E-state index contributed by atoms with van der Waals surface area (Å²) in [5.74, 6) is 0. The molecule has 0 N–H and O–H groups in total. The standard InChI is InChI=1S/C7H13I2NO/c1-6(2)10(5-8)7(9)3-11-4-7/h6H,3-5H2,1-2H3. The Kier molecular flexibility index (Phi) is 3.86. The van der Waals surface area contributed by atoms with Gasteiger partial charge in [0.25, 0.3) is 0 Å². The number of hydrogen-bond acceptors (Lipinski definition) is 2. The maximum Gasteiger partial charge on any atom is 0.121 e. The zero-order valence-electron chi connectivity index (χ0n) is 6.81. The molecule has 0 spiro atoms. The van der Waals surface area contributed by atoms with Gasteiger partial charge in [-0.15, -0.1) is 0 Å². The fourth-order valence-electron chi connectivity index (χ4n) is 1.14. The molecule has 0 amide bonds. The van der Waals surface area contributed by atoms with Crippen LogP contribution in [0, 0.1) is 0 Å². The van der Waals surface area contributed by atoms with Crippen molar-refractivity contribution < 1.29 is 4.74 Å². The Bertz CT molecular complexity index is 136. The van der Waals surface area contributed by atoms with Gasteiger partial charge in [-0.2, -0.15) is 0 Å². The lowest BCUT2D eigenvalue weighted by Crippen LogP contribution is -2.59. The van der Waals surface area contributed by atoms with Gasteiger partial charge < -0.3 is 4.74 Å². The number of rotatable bonds is 3. The van der Waals surface area contributed by atoms with Gasteiger partial charge in [0.1, 0.15) is 3.55 Å². The predicted molar refractivity (Wildman–Crippen MR) is 63.4 cm³/mol. The molecule has 1 saturated heterocycles. The van der Waals surface area contributed by atoms with E-state index in [0.717, 1.165) is 17.8 Å². The Hall–Kier alpha value is 1.38. The van der Waals surface area contributed by atoms with E-state index in [4.69, 9.17) is 4.74 Å². The first-order valence-corrected chi connectivity index (χ1v) is 6.30. The summed E-state index contributed by atoms with van der Waals surface area (Å²) < 4.78 is 6.59. The van der Waals surface area contributed by atoms with Gasteiger partial charge in [-0.05, 0) is 13.8 Å². The van der Waals surface area contributed by atoms with Gasteiger partial charge in [0, 0.05) is 6.04 Å². The van der Waals surface area contributed by atoms with Crippen LogP contribution in [0.15, 0.2) is 0 Å². The van der Waals surface area contributed by atoms with Crippen molar-refractivity contribution in [1.29, 1.82) is 0 Å². The minimum atomic E-state index is 0.285.